The Hall–Kier alpha value is -3.29. The molecule has 4 rings (SSSR count). The zero-order valence-corrected chi connectivity index (χ0v) is 22.4. The number of nitrogens with zero attached hydrogens (tertiary/aromatic N) is 2. The molecule has 10 nitrogen and oxygen atoms in total. The molecule has 38 heavy (non-hydrogen) atoms. The summed E-state index contributed by atoms with van der Waals surface area (Å²) >= 11 is 1.55. The summed E-state index contributed by atoms with van der Waals surface area (Å²) < 4.78 is 44.3. The monoisotopic (exact) mass is 559 g/mol. The zero-order chi connectivity index (χ0) is 27.0. The van der Waals surface area contributed by atoms with Crippen molar-refractivity contribution in [3.05, 3.63) is 83.0 Å². The number of allylic oxidation sites excluding steroid dienone is 1. The van der Waals surface area contributed by atoms with Gasteiger partial charge in [-0.15, -0.1) is 0 Å². The van der Waals surface area contributed by atoms with E-state index in [2.05, 4.69) is 10.3 Å². The number of pyridine rings is 1. The predicted octanol–water partition coefficient (Wildman–Crippen LogP) is 3.20. The number of aliphatic hydroxyl groups excluding tert-OH is 1. The summed E-state index contributed by atoms with van der Waals surface area (Å²) in [6.45, 7) is -0.469. The Balaban J connectivity index is 1.43. The Labute approximate surface area is 225 Å². The minimum Gasteiger partial charge on any atom is -0.497 e. The molecule has 3 aromatic rings. The van der Waals surface area contributed by atoms with E-state index in [4.69, 9.17) is 14.2 Å². The Morgan fingerprint density at radius 2 is 2.05 bits per heavy atom. The second-order valence-corrected chi connectivity index (χ2v) is 11.1. The number of hydrogen-bond acceptors (Lipinski definition) is 9. The Kier molecular flexibility index (Phi) is 9.48. The lowest BCUT2D eigenvalue weighted by Gasteiger charge is -2.29. The van der Waals surface area contributed by atoms with Crippen molar-refractivity contribution in [1.29, 1.82) is 0 Å². The molecule has 1 aliphatic rings. The van der Waals surface area contributed by atoms with Gasteiger partial charge in [-0.3, -0.25) is 9.78 Å². The molecule has 0 radical (unpaired) electrons. The van der Waals surface area contributed by atoms with Gasteiger partial charge in [-0.2, -0.15) is 15.6 Å². The van der Waals surface area contributed by atoms with Gasteiger partial charge in [-0.05, 0) is 64.9 Å². The number of nitrogens with one attached hydrogen (secondary N) is 1. The molecule has 12 heteroatoms. The van der Waals surface area contributed by atoms with E-state index in [9.17, 15) is 18.3 Å². The molecule has 2 aromatic heterocycles. The lowest BCUT2D eigenvalue weighted by Crippen LogP contribution is -2.37. The lowest BCUT2D eigenvalue weighted by atomic mass is 9.95. The summed E-state index contributed by atoms with van der Waals surface area (Å²) in [5.74, 6) is 0.0909. The van der Waals surface area contributed by atoms with Crippen LogP contribution in [-0.4, -0.2) is 68.4 Å². The first kappa shape index (κ1) is 27.7. The molecule has 202 valence electrons. The lowest BCUT2D eigenvalue weighted by molar-refractivity contribution is -0.143. The number of ether oxygens (including phenoxy) is 3. The van der Waals surface area contributed by atoms with E-state index in [1.807, 2.05) is 16.8 Å². The summed E-state index contributed by atoms with van der Waals surface area (Å²) in [6, 6.07) is 11.4. The number of carbonyl (C=O) groups excluding carboxylic acids is 1. The summed E-state index contributed by atoms with van der Waals surface area (Å²) in [7, 11) is -2.38. The fourth-order valence-corrected chi connectivity index (χ4v) is 6.05. The van der Waals surface area contributed by atoms with Crippen LogP contribution in [-0.2, 0) is 24.3 Å². The molecule has 0 aliphatic carbocycles. The highest BCUT2D eigenvalue weighted by Crippen LogP contribution is 2.33. The number of rotatable bonds is 12. The van der Waals surface area contributed by atoms with Crippen LogP contribution in [0.4, 0.5) is 5.69 Å². The molecule has 3 heterocycles. The number of anilines is 1. The number of sulfonamides is 1. The van der Waals surface area contributed by atoms with Gasteiger partial charge in [0.25, 0.3) is 5.91 Å². The van der Waals surface area contributed by atoms with Gasteiger partial charge in [0.1, 0.15) is 5.75 Å². The Morgan fingerprint density at radius 3 is 2.71 bits per heavy atom. The van der Waals surface area contributed by atoms with Gasteiger partial charge >= 0.3 is 0 Å². The first-order valence-corrected chi connectivity index (χ1v) is 14.3. The molecule has 1 aliphatic heterocycles. The standard InChI is InChI=1S/C26H29N3O7S2/c1-34-22-4-6-23(7-5-22)38(32,33)29(10-12-30)11-13-35-25-16-20(19-8-14-37-18-19)15-24(36-25)26(31)28-21-3-2-9-27-17-21/h2-9,14-15,17-18,20,25,30H,10-13,16H2,1H3,(H,28,31)/t20-,25+/m0/s1. The third-order valence-electron chi connectivity index (χ3n) is 5.86. The largest absolute Gasteiger partial charge is 0.497 e. The molecule has 0 fully saturated rings. The Morgan fingerprint density at radius 1 is 1.24 bits per heavy atom. The number of aliphatic hydroxyl groups is 1. The summed E-state index contributed by atoms with van der Waals surface area (Å²) in [6.07, 6.45) is 4.58. The van der Waals surface area contributed by atoms with Crippen LogP contribution < -0.4 is 10.1 Å². The average molecular weight is 560 g/mol. The molecular formula is C26H29N3O7S2. The van der Waals surface area contributed by atoms with Crippen molar-refractivity contribution in [1.82, 2.24) is 9.29 Å². The van der Waals surface area contributed by atoms with Crippen molar-refractivity contribution in [3.8, 4) is 5.75 Å². The van der Waals surface area contributed by atoms with E-state index in [0.29, 0.717) is 17.9 Å². The van der Waals surface area contributed by atoms with E-state index in [1.54, 1.807) is 47.9 Å². The van der Waals surface area contributed by atoms with Crippen LogP contribution in [0.1, 0.15) is 17.9 Å². The van der Waals surface area contributed by atoms with Crippen molar-refractivity contribution in [2.75, 3.05) is 38.7 Å². The number of methoxy groups -OCH3 is 1. The molecule has 0 spiro atoms. The minimum absolute atomic E-state index is 0.00604. The quantitative estimate of drug-likeness (QED) is 0.346. The smallest absolute Gasteiger partial charge is 0.290 e. The fourth-order valence-electron chi connectivity index (χ4n) is 3.91. The van der Waals surface area contributed by atoms with E-state index < -0.39 is 22.2 Å². The van der Waals surface area contributed by atoms with Crippen LogP contribution in [0.5, 0.6) is 5.75 Å². The molecule has 0 saturated carbocycles. The number of benzene rings is 1. The van der Waals surface area contributed by atoms with Crippen LogP contribution in [0.15, 0.2) is 82.3 Å². The minimum atomic E-state index is -3.88. The van der Waals surface area contributed by atoms with Crippen LogP contribution in [0.2, 0.25) is 0 Å². The van der Waals surface area contributed by atoms with Gasteiger partial charge in [0.2, 0.25) is 16.3 Å². The number of carbonyl (C=O) groups is 1. The van der Waals surface area contributed by atoms with Gasteiger partial charge in [-0.1, -0.05) is 0 Å². The highest BCUT2D eigenvalue weighted by molar-refractivity contribution is 7.89. The normalized spacial score (nSPS) is 17.5. The van der Waals surface area contributed by atoms with E-state index in [1.165, 1.54) is 25.4 Å². The van der Waals surface area contributed by atoms with Crippen molar-refractivity contribution >= 4 is 33.0 Å². The number of aromatic nitrogens is 1. The van der Waals surface area contributed by atoms with Gasteiger partial charge in [-0.25, -0.2) is 8.42 Å². The maximum absolute atomic E-state index is 13.1. The topological polar surface area (TPSA) is 127 Å². The predicted molar refractivity (Wildman–Crippen MR) is 142 cm³/mol. The summed E-state index contributed by atoms with van der Waals surface area (Å²) in [5.41, 5.74) is 1.56. The first-order chi connectivity index (χ1) is 18.4. The van der Waals surface area contributed by atoms with E-state index >= 15 is 0 Å². The SMILES string of the molecule is COc1ccc(S(=O)(=O)N(CCO)CCO[C@H]2C[C@@H](c3ccsc3)C=C(C(=O)Nc3cccnc3)O2)cc1. The van der Waals surface area contributed by atoms with E-state index in [-0.39, 0.29) is 42.9 Å². The number of thiophene rings is 1. The summed E-state index contributed by atoms with van der Waals surface area (Å²) in [4.78, 5) is 17.0. The zero-order valence-electron chi connectivity index (χ0n) is 20.7. The Bertz CT molecular complexity index is 1310. The van der Waals surface area contributed by atoms with Gasteiger partial charge in [0.05, 0.1) is 37.1 Å². The van der Waals surface area contributed by atoms with Gasteiger partial charge in [0, 0.05) is 31.6 Å². The first-order valence-electron chi connectivity index (χ1n) is 11.9. The highest BCUT2D eigenvalue weighted by Gasteiger charge is 2.30. The fraction of sp³-hybridized carbons (Fsp3) is 0.308. The molecule has 0 unspecified atom stereocenters. The second-order valence-electron chi connectivity index (χ2n) is 8.35. The van der Waals surface area contributed by atoms with Crippen LogP contribution in [0.25, 0.3) is 0 Å². The third-order valence-corrected chi connectivity index (χ3v) is 8.48. The molecular weight excluding hydrogens is 530 g/mol. The maximum Gasteiger partial charge on any atom is 0.290 e. The van der Waals surface area contributed by atoms with Crippen molar-refractivity contribution < 1.29 is 32.5 Å². The van der Waals surface area contributed by atoms with E-state index in [0.717, 1.165) is 9.87 Å². The molecule has 0 saturated heterocycles. The average Bonchev–Trinajstić information content (AvgIpc) is 3.48. The van der Waals surface area contributed by atoms with Crippen molar-refractivity contribution in [2.24, 2.45) is 0 Å². The summed E-state index contributed by atoms with van der Waals surface area (Å²) in [5, 5.41) is 16.2. The van der Waals surface area contributed by atoms with Gasteiger partial charge in [0.15, 0.2) is 5.76 Å². The van der Waals surface area contributed by atoms with Crippen LogP contribution in [0.3, 0.4) is 0 Å². The molecule has 0 bridgehead atoms. The van der Waals surface area contributed by atoms with Crippen molar-refractivity contribution in [3.63, 3.8) is 0 Å². The molecule has 2 atom stereocenters. The number of amides is 1. The molecule has 1 amide bonds. The van der Waals surface area contributed by atoms with Crippen molar-refractivity contribution in [2.45, 2.75) is 23.5 Å². The number of hydrogen-bond donors (Lipinski definition) is 2. The molecule has 2 N–H and O–H groups in total. The van der Waals surface area contributed by atoms with Crippen LogP contribution >= 0.6 is 11.3 Å². The highest BCUT2D eigenvalue weighted by atomic mass is 32.2. The van der Waals surface area contributed by atoms with Crippen LogP contribution in [0, 0.1) is 0 Å². The molecule has 1 aromatic carbocycles. The third kappa shape index (κ3) is 6.97. The second kappa shape index (κ2) is 13.0. The maximum atomic E-state index is 13.1. The van der Waals surface area contributed by atoms with Gasteiger partial charge < -0.3 is 24.6 Å².